The molecule has 0 saturated heterocycles. The van der Waals surface area contributed by atoms with Crippen molar-refractivity contribution in [3.05, 3.63) is 53.3 Å². The Balaban J connectivity index is 1.98. The smallest absolute Gasteiger partial charge is 0.0663 e. The molecular formula is C18H27N3. The minimum Gasteiger partial charge on any atom is -0.311 e. The van der Waals surface area contributed by atoms with Crippen molar-refractivity contribution >= 4 is 0 Å². The molecule has 2 aromatic rings. The second-order valence-corrected chi connectivity index (χ2v) is 6.40. The van der Waals surface area contributed by atoms with Gasteiger partial charge in [0.2, 0.25) is 0 Å². The maximum absolute atomic E-state index is 4.44. The van der Waals surface area contributed by atoms with Gasteiger partial charge in [-0.05, 0) is 35.6 Å². The standard InChI is InChI=1S/C18H27N3/c1-14(2)11-19-12-18-9-10-20-21(18)13-16-5-7-17(8-6-16)15(3)4/h5-10,14-15,19H,11-13H2,1-4H3. The van der Waals surface area contributed by atoms with Gasteiger partial charge in [-0.3, -0.25) is 4.68 Å². The van der Waals surface area contributed by atoms with Crippen LogP contribution in [0.15, 0.2) is 36.5 Å². The molecule has 0 aliphatic rings. The van der Waals surface area contributed by atoms with Gasteiger partial charge in [-0.25, -0.2) is 0 Å². The van der Waals surface area contributed by atoms with Crippen LogP contribution in [0.2, 0.25) is 0 Å². The fourth-order valence-electron chi connectivity index (χ4n) is 2.32. The van der Waals surface area contributed by atoms with Crippen molar-refractivity contribution in [2.75, 3.05) is 6.54 Å². The molecule has 0 fully saturated rings. The predicted molar refractivity (Wildman–Crippen MR) is 88.4 cm³/mol. The van der Waals surface area contributed by atoms with Crippen LogP contribution in [-0.2, 0) is 13.1 Å². The summed E-state index contributed by atoms with van der Waals surface area (Å²) in [7, 11) is 0. The van der Waals surface area contributed by atoms with Crippen molar-refractivity contribution in [2.45, 2.75) is 46.7 Å². The maximum atomic E-state index is 4.44. The lowest BCUT2D eigenvalue weighted by atomic mass is 10.0. The molecule has 3 nitrogen and oxygen atoms in total. The number of nitrogens with zero attached hydrogens (tertiary/aromatic N) is 2. The van der Waals surface area contributed by atoms with Crippen LogP contribution < -0.4 is 5.32 Å². The fraction of sp³-hybridized carbons (Fsp3) is 0.500. The third kappa shape index (κ3) is 4.71. The average molecular weight is 285 g/mol. The van der Waals surface area contributed by atoms with E-state index in [1.54, 1.807) is 0 Å². The number of rotatable bonds is 7. The minimum absolute atomic E-state index is 0.583. The largest absolute Gasteiger partial charge is 0.311 e. The van der Waals surface area contributed by atoms with E-state index in [0.717, 1.165) is 19.6 Å². The SMILES string of the molecule is CC(C)CNCc1ccnn1Cc1ccc(C(C)C)cc1. The molecule has 0 aliphatic heterocycles. The van der Waals surface area contributed by atoms with Crippen LogP contribution in [0.3, 0.4) is 0 Å². The summed E-state index contributed by atoms with van der Waals surface area (Å²) < 4.78 is 2.08. The molecule has 0 unspecified atom stereocenters. The van der Waals surface area contributed by atoms with Crippen molar-refractivity contribution in [2.24, 2.45) is 5.92 Å². The molecule has 0 atom stereocenters. The van der Waals surface area contributed by atoms with Crippen LogP contribution in [0.4, 0.5) is 0 Å². The summed E-state index contributed by atoms with van der Waals surface area (Å²) in [6.07, 6.45) is 1.88. The van der Waals surface area contributed by atoms with Gasteiger partial charge in [0.05, 0.1) is 12.2 Å². The molecular weight excluding hydrogens is 258 g/mol. The topological polar surface area (TPSA) is 29.9 Å². The summed E-state index contributed by atoms with van der Waals surface area (Å²) in [4.78, 5) is 0. The zero-order chi connectivity index (χ0) is 15.2. The molecule has 0 saturated carbocycles. The molecule has 0 bridgehead atoms. The monoisotopic (exact) mass is 285 g/mol. The van der Waals surface area contributed by atoms with E-state index in [-0.39, 0.29) is 0 Å². The quantitative estimate of drug-likeness (QED) is 0.838. The number of hydrogen-bond donors (Lipinski definition) is 1. The highest BCUT2D eigenvalue weighted by molar-refractivity contribution is 5.25. The Labute approximate surface area is 128 Å². The van der Waals surface area contributed by atoms with E-state index in [1.807, 2.05) is 6.20 Å². The predicted octanol–water partition coefficient (Wildman–Crippen LogP) is 3.80. The van der Waals surface area contributed by atoms with Gasteiger partial charge in [-0.15, -0.1) is 0 Å². The molecule has 2 rings (SSSR count). The molecule has 1 N–H and O–H groups in total. The Morgan fingerprint density at radius 1 is 1.05 bits per heavy atom. The summed E-state index contributed by atoms with van der Waals surface area (Å²) in [6.45, 7) is 11.6. The van der Waals surface area contributed by atoms with E-state index in [2.05, 4.69) is 73.1 Å². The van der Waals surface area contributed by atoms with Crippen LogP contribution in [0.5, 0.6) is 0 Å². The highest BCUT2D eigenvalue weighted by Gasteiger charge is 2.05. The summed E-state index contributed by atoms with van der Waals surface area (Å²) in [6, 6.07) is 11.0. The molecule has 114 valence electrons. The van der Waals surface area contributed by atoms with Gasteiger partial charge in [-0.2, -0.15) is 5.10 Å². The van der Waals surface area contributed by atoms with Crippen LogP contribution in [0.25, 0.3) is 0 Å². The van der Waals surface area contributed by atoms with Crippen molar-refractivity contribution in [3.63, 3.8) is 0 Å². The Kier molecular flexibility index (Phi) is 5.57. The number of benzene rings is 1. The third-order valence-corrected chi connectivity index (χ3v) is 3.64. The number of hydrogen-bond acceptors (Lipinski definition) is 2. The number of aromatic nitrogens is 2. The van der Waals surface area contributed by atoms with Crippen LogP contribution in [-0.4, -0.2) is 16.3 Å². The highest BCUT2D eigenvalue weighted by Crippen LogP contribution is 2.15. The zero-order valence-corrected chi connectivity index (χ0v) is 13.6. The Bertz CT molecular complexity index is 538. The van der Waals surface area contributed by atoms with Gasteiger partial charge >= 0.3 is 0 Å². The van der Waals surface area contributed by atoms with Crippen molar-refractivity contribution in [3.8, 4) is 0 Å². The van der Waals surface area contributed by atoms with Crippen LogP contribution >= 0.6 is 0 Å². The molecule has 0 radical (unpaired) electrons. The second kappa shape index (κ2) is 7.41. The molecule has 0 aliphatic carbocycles. The van der Waals surface area contributed by atoms with Gasteiger partial charge in [0.1, 0.15) is 0 Å². The Morgan fingerprint density at radius 3 is 2.38 bits per heavy atom. The Morgan fingerprint density at radius 2 is 1.76 bits per heavy atom. The van der Waals surface area contributed by atoms with E-state index in [1.165, 1.54) is 16.8 Å². The first-order chi connectivity index (χ1) is 10.1. The molecule has 3 heteroatoms. The molecule has 0 amide bonds. The summed E-state index contributed by atoms with van der Waals surface area (Å²) in [5.41, 5.74) is 3.93. The van der Waals surface area contributed by atoms with Gasteiger partial charge in [0.25, 0.3) is 0 Å². The molecule has 1 aromatic carbocycles. The lowest BCUT2D eigenvalue weighted by Crippen LogP contribution is -2.21. The summed E-state index contributed by atoms with van der Waals surface area (Å²) in [5, 5.41) is 7.92. The lowest BCUT2D eigenvalue weighted by Gasteiger charge is -2.11. The normalized spacial score (nSPS) is 11.5. The number of nitrogens with one attached hydrogen (secondary N) is 1. The van der Waals surface area contributed by atoms with Crippen LogP contribution in [0, 0.1) is 5.92 Å². The fourth-order valence-corrected chi connectivity index (χ4v) is 2.32. The molecule has 21 heavy (non-hydrogen) atoms. The first kappa shape index (κ1) is 15.8. The molecule has 1 aromatic heterocycles. The van der Waals surface area contributed by atoms with Gasteiger partial charge in [0.15, 0.2) is 0 Å². The maximum Gasteiger partial charge on any atom is 0.0663 e. The summed E-state index contributed by atoms with van der Waals surface area (Å²) in [5.74, 6) is 1.25. The first-order valence-electron chi connectivity index (χ1n) is 7.86. The highest BCUT2D eigenvalue weighted by atomic mass is 15.3. The van der Waals surface area contributed by atoms with Gasteiger partial charge < -0.3 is 5.32 Å². The summed E-state index contributed by atoms with van der Waals surface area (Å²) >= 11 is 0. The molecule has 0 spiro atoms. The van der Waals surface area contributed by atoms with Gasteiger partial charge in [-0.1, -0.05) is 52.0 Å². The van der Waals surface area contributed by atoms with Crippen molar-refractivity contribution in [1.82, 2.24) is 15.1 Å². The lowest BCUT2D eigenvalue weighted by molar-refractivity contribution is 0.529. The molecule has 1 heterocycles. The Hall–Kier alpha value is -1.61. The van der Waals surface area contributed by atoms with Crippen molar-refractivity contribution in [1.29, 1.82) is 0 Å². The van der Waals surface area contributed by atoms with E-state index in [0.29, 0.717) is 11.8 Å². The first-order valence-corrected chi connectivity index (χ1v) is 7.86. The third-order valence-electron chi connectivity index (χ3n) is 3.64. The van der Waals surface area contributed by atoms with E-state index in [9.17, 15) is 0 Å². The van der Waals surface area contributed by atoms with E-state index >= 15 is 0 Å². The minimum atomic E-state index is 0.583. The van der Waals surface area contributed by atoms with Crippen LogP contribution in [0.1, 0.15) is 50.4 Å². The van der Waals surface area contributed by atoms with E-state index in [4.69, 9.17) is 0 Å². The average Bonchev–Trinajstić information content (AvgIpc) is 2.86. The zero-order valence-electron chi connectivity index (χ0n) is 13.6. The van der Waals surface area contributed by atoms with Gasteiger partial charge in [0, 0.05) is 12.7 Å². The van der Waals surface area contributed by atoms with E-state index < -0.39 is 0 Å². The second-order valence-electron chi connectivity index (χ2n) is 6.40. The van der Waals surface area contributed by atoms with Crippen molar-refractivity contribution < 1.29 is 0 Å².